The molecule has 0 atom stereocenters. The maximum absolute atomic E-state index is 8.87. The Hall–Kier alpha value is -0.380. The average molecular weight is 184 g/mol. The molecule has 3 nitrogen and oxygen atoms in total. The first-order chi connectivity index (χ1) is 6.37. The number of hydrogen-bond donors (Lipinski definition) is 1. The van der Waals surface area contributed by atoms with Crippen molar-refractivity contribution in [1.82, 2.24) is 0 Å². The van der Waals surface area contributed by atoms with Gasteiger partial charge in [-0.15, -0.1) is 0 Å². The van der Waals surface area contributed by atoms with Gasteiger partial charge < -0.3 is 14.6 Å². The topological polar surface area (TPSA) is 38.7 Å². The second-order valence-corrected chi connectivity index (χ2v) is 3.57. The molecule has 0 amide bonds. The van der Waals surface area contributed by atoms with E-state index in [0.29, 0.717) is 13.2 Å². The fourth-order valence-electron chi connectivity index (χ4n) is 2.18. The van der Waals surface area contributed by atoms with E-state index in [-0.39, 0.29) is 6.61 Å². The van der Waals surface area contributed by atoms with Gasteiger partial charge in [0.25, 0.3) is 0 Å². The standard InChI is InChI=1S/C10H16O3/c11-6-4-9-3-1-2-5-10(9)12-7-8-13-10/h4,11H,1-3,5-8H2/b9-4+. The van der Waals surface area contributed by atoms with Crippen molar-refractivity contribution in [3.8, 4) is 0 Å². The first-order valence-corrected chi connectivity index (χ1v) is 4.96. The summed E-state index contributed by atoms with van der Waals surface area (Å²) in [4.78, 5) is 0. The van der Waals surface area contributed by atoms with E-state index in [4.69, 9.17) is 14.6 Å². The molecule has 1 saturated heterocycles. The van der Waals surface area contributed by atoms with E-state index in [9.17, 15) is 0 Å². The third-order valence-corrected chi connectivity index (χ3v) is 2.78. The first-order valence-electron chi connectivity index (χ1n) is 4.96. The molecule has 3 heteroatoms. The smallest absolute Gasteiger partial charge is 0.191 e. The minimum Gasteiger partial charge on any atom is -0.392 e. The lowest BCUT2D eigenvalue weighted by Gasteiger charge is -2.34. The van der Waals surface area contributed by atoms with Crippen molar-refractivity contribution in [3.63, 3.8) is 0 Å². The van der Waals surface area contributed by atoms with Crippen LogP contribution in [0, 0.1) is 0 Å². The molecule has 0 bridgehead atoms. The zero-order valence-corrected chi connectivity index (χ0v) is 7.79. The fourth-order valence-corrected chi connectivity index (χ4v) is 2.18. The summed E-state index contributed by atoms with van der Waals surface area (Å²) in [5.74, 6) is -0.457. The lowest BCUT2D eigenvalue weighted by Crippen LogP contribution is -2.35. The molecule has 2 rings (SSSR count). The van der Waals surface area contributed by atoms with Crippen LogP contribution in [0.3, 0.4) is 0 Å². The minimum atomic E-state index is -0.457. The average Bonchev–Trinajstić information content (AvgIpc) is 2.59. The molecular weight excluding hydrogens is 168 g/mol. The van der Waals surface area contributed by atoms with Crippen LogP contribution in [0.1, 0.15) is 25.7 Å². The summed E-state index contributed by atoms with van der Waals surface area (Å²) >= 11 is 0. The predicted molar refractivity (Wildman–Crippen MR) is 48.3 cm³/mol. The van der Waals surface area contributed by atoms with Crippen molar-refractivity contribution in [2.45, 2.75) is 31.5 Å². The van der Waals surface area contributed by atoms with Crippen LogP contribution in [0.5, 0.6) is 0 Å². The highest BCUT2D eigenvalue weighted by Gasteiger charge is 2.41. The molecule has 1 N–H and O–H groups in total. The van der Waals surface area contributed by atoms with E-state index in [1.807, 2.05) is 6.08 Å². The quantitative estimate of drug-likeness (QED) is 0.623. The number of rotatable bonds is 1. The Morgan fingerprint density at radius 1 is 1.31 bits per heavy atom. The third kappa shape index (κ3) is 1.64. The van der Waals surface area contributed by atoms with Crippen molar-refractivity contribution in [2.75, 3.05) is 19.8 Å². The van der Waals surface area contributed by atoms with E-state index in [0.717, 1.165) is 24.8 Å². The molecule has 2 fully saturated rings. The van der Waals surface area contributed by atoms with Crippen molar-refractivity contribution < 1.29 is 14.6 Å². The SMILES string of the molecule is OC/C=C1\CCCCC12OCCO2. The first kappa shape index (κ1) is 9.19. The molecule has 0 aromatic heterocycles. The highest BCUT2D eigenvalue weighted by atomic mass is 16.7. The lowest BCUT2D eigenvalue weighted by molar-refractivity contribution is -0.140. The summed E-state index contributed by atoms with van der Waals surface area (Å²) in [5.41, 5.74) is 1.14. The maximum atomic E-state index is 8.87. The van der Waals surface area contributed by atoms with Crippen molar-refractivity contribution in [1.29, 1.82) is 0 Å². The van der Waals surface area contributed by atoms with Gasteiger partial charge in [0.05, 0.1) is 19.8 Å². The second-order valence-electron chi connectivity index (χ2n) is 3.57. The van der Waals surface area contributed by atoms with E-state index < -0.39 is 5.79 Å². The summed E-state index contributed by atoms with van der Waals surface area (Å²) in [7, 11) is 0. The molecule has 2 aliphatic rings. The van der Waals surface area contributed by atoms with Crippen molar-refractivity contribution >= 4 is 0 Å². The van der Waals surface area contributed by atoms with Crippen LogP contribution < -0.4 is 0 Å². The van der Waals surface area contributed by atoms with Gasteiger partial charge in [-0.2, -0.15) is 0 Å². The summed E-state index contributed by atoms with van der Waals surface area (Å²) < 4.78 is 11.3. The Balaban J connectivity index is 2.16. The largest absolute Gasteiger partial charge is 0.392 e. The van der Waals surface area contributed by atoms with Crippen LogP contribution >= 0.6 is 0 Å². The molecule has 0 radical (unpaired) electrons. The minimum absolute atomic E-state index is 0.0871. The Morgan fingerprint density at radius 2 is 2.08 bits per heavy atom. The summed E-state index contributed by atoms with van der Waals surface area (Å²) in [6, 6.07) is 0. The zero-order chi connectivity index (χ0) is 9.15. The van der Waals surface area contributed by atoms with Gasteiger partial charge in [-0.1, -0.05) is 6.08 Å². The van der Waals surface area contributed by atoms with Gasteiger partial charge in [-0.05, 0) is 24.8 Å². The molecule has 1 saturated carbocycles. The molecule has 0 unspecified atom stereocenters. The van der Waals surface area contributed by atoms with Crippen LogP contribution in [-0.4, -0.2) is 30.7 Å². The molecule has 1 spiro atoms. The number of ether oxygens (including phenoxy) is 2. The van der Waals surface area contributed by atoms with Gasteiger partial charge in [-0.3, -0.25) is 0 Å². The second kappa shape index (κ2) is 3.78. The number of aliphatic hydroxyl groups excluding tert-OH is 1. The van der Waals surface area contributed by atoms with Crippen LogP contribution in [0.25, 0.3) is 0 Å². The molecule has 74 valence electrons. The van der Waals surface area contributed by atoms with Crippen LogP contribution in [0.2, 0.25) is 0 Å². The third-order valence-electron chi connectivity index (χ3n) is 2.78. The van der Waals surface area contributed by atoms with Crippen molar-refractivity contribution in [3.05, 3.63) is 11.6 Å². The monoisotopic (exact) mass is 184 g/mol. The van der Waals surface area contributed by atoms with E-state index in [2.05, 4.69) is 0 Å². The van der Waals surface area contributed by atoms with Gasteiger partial charge in [0.15, 0.2) is 5.79 Å². The molecule has 1 aliphatic heterocycles. The zero-order valence-electron chi connectivity index (χ0n) is 7.79. The van der Waals surface area contributed by atoms with Gasteiger partial charge in [0.2, 0.25) is 0 Å². The van der Waals surface area contributed by atoms with Crippen LogP contribution in [-0.2, 0) is 9.47 Å². The lowest BCUT2D eigenvalue weighted by atomic mass is 9.88. The summed E-state index contributed by atoms with van der Waals surface area (Å²) in [5, 5.41) is 8.87. The Morgan fingerprint density at radius 3 is 2.77 bits per heavy atom. The summed E-state index contributed by atoms with van der Waals surface area (Å²) in [6.45, 7) is 1.45. The normalized spacial score (nSPS) is 30.1. The van der Waals surface area contributed by atoms with Gasteiger partial charge in [0.1, 0.15) is 0 Å². The van der Waals surface area contributed by atoms with Gasteiger partial charge >= 0.3 is 0 Å². The predicted octanol–water partition coefficient (Wildman–Crippen LogP) is 1.22. The molecule has 0 aromatic rings. The number of aliphatic hydroxyl groups is 1. The van der Waals surface area contributed by atoms with Crippen molar-refractivity contribution in [2.24, 2.45) is 0 Å². The van der Waals surface area contributed by atoms with Gasteiger partial charge in [0, 0.05) is 6.42 Å². The molecular formula is C10H16O3. The van der Waals surface area contributed by atoms with Crippen LogP contribution in [0.4, 0.5) is 0 Å². The molecule has 1 heterocycles. The molecule has 13 heavy (non-hydrogen) atoms. The highest BCUT2D eigenvalue weighted by molar-refractivity contribution is 5.17. The van der Waals surface area contributed by atoms with E-state index >= 15 is 0 Å². The van der Waals surface area contributed by atoms with E-state index in [1.165, 1.54) is 6.42 Å². The van der Waals surface area contributed by atoms with E-state index in [1.54, 1.807) is 0 Å². The maximum Gasteiger partial charge on any atom is 0.191 e. The molecule has 0 aromatic carbocycles. The van der Waals surface area contributed by atoms with Gasteiger partial charge in [-0.25, -0.2) is 0 Å². The fraction of sp³-hybridized carbons (Fsp3) is 0.800. The Kier molecular flexibility index (Phi) is 2.67. The van der Waals surface area contributed by atoms with Crippen LogP contribution in [0.15, 0.2) is 11.6 Å². The Bertz CT molecular complexity index is 204. The molecule has 1 aliphatic carbocycles. The highest BCUT2D eigenvalue weighted by Crippen LogP contribution is 2.39. The summed E-state index contributed by atoms with van der Waals surface area (Å²) in [6.07, 6.45) is 6.12. The Labute approximate surface area is 78.3 Å². The number of hydrogen-bond acceptors (Lipinski definition) is 3.